The maximum Gasteiger partial charge on any atom is 0.407 e. The Morgan fingerprint density at radius 3 is 2.88 bits per heavy atom. The summed E-state index contributed by atoms with van der Waals surface area (Å²) in [6.45, 7) is 0.337. The number of hydrogen-bond acceptors (Lipinski definition) is 3. The number of methoxy groups -OCH3 is 1. The number of rotatable bonds is 2. The maximum atomic E-state index is 10.9. The van der Waals surface area contributed by atoms with Gasteiger partial charge in [-0.15, -0.1) is 12.4 Å². The number of carbonyl (C=O) groups is 1. The lowest BCUT2D eigenvalue weighted by Crippen LogP contribution is -2.18. The molecule has 1 aromatic rings. The van der Waals surface area contributed by atoms with Crippen molar-refractivity contribution in [1.29, 1.82) is 0 Å². The van der Waals surface area contributed by atoms with Crippen molar-refractivity contribution >= 4 is 30.1 Å². The molecule has 0 bridgehead atoms. The number of ether oxygens (including phenoxy) is 2. The first kappa shape index (κ1) is 12.9. The highest BCUT2D eigenvalue weighted by molar-refractivity contribution is 6.32. The molecule has 88 valence electrons. The Morgan fingerprint density at radius 2 is 2.31 bits per heavy atom. The Morgan fingerprint density at radius 1 is 1.56 bits per heavy atom. The van der Waals surface area contributed by atoms with Crippen LogP contribution in [0.15, 0.2) is 18.2 Å². The third-order valence-electron chi connectivity index (χ3n) is 2.25. The van der Waals surface area contributed by atoms with Crippen LogP contribution in [0.5, 0.6) is 5.75 Å². The zero-order valence-electron chi connectivity index (χ0n) is 8.53. The highest BCUT2D eigenvalue weighted by atomic mass is 35.5. The molecule has 1 fully saturated rings. The quantitative estimate of drug-likeness (QED) is 0.892. The standard InChI is InChI=1S/C10H10ClNO3.ClH/c1-14-9-4-6(2-3-7(9)11)8-5-15-10(13)12-8;/h2-4,8H,5H2,1H3,(H,12,13);1H/t8-;/m1./s1. The molecule has 0 saturated carbocycles. The number of hydrogen-bond donors (Lipinski definition) is 1. The SMILES string of the molecule is COc1cc([C@H]2COC(=O)N2)ccc1Cl.Cl. The molecule has 1 aliphatic rings. The summed E-state index contributed by atoms with van der Waals surface area (Å²) in [5.74, 6) is 0.593. The molecule has 1 saturated heterocycles. The van der Waals surface area contributed by atoms with Crippen LogP contribution in [0.1, 0.15) is 11.6 Å². The molecule has 16 heavy (non-hydrogen) atoms. The van der Waals surface area contributed by atoms with Gasteiger partial charge in [-0.3, -0.25) is 0 Å². The summed E-state index contributed by atoms with van der Waals surface area (Å²) in [4.78, 5) is 10.9. The molecule has 0 unspecified atom stereocenters. The maximum absolute atomic E-state index is 10.9. The van der Waals surface area contributed by atoms with Crippen molar-refractivity contribution in [3.05, 3.63) is 28.8 Å². The molecule has 0 spiro atoms. The Labute approximate surface area is 104 Å². The first-order chi connectivity index (χ1) is 7.20. The number of amides is 1. The average molecular weight is 264 g/mol. The zero-order chi connectivity index (χ0) is 10.8. The van der Waals surface area contributed by atoms with Crippen molar-refractivity contribution in [3.63, 3.8) is 0 Å². The second-order valence-corrected chi connectivity index (χ2v) is 3.60. The van der Waals surface area contributed by atoms with Gasteiger partial charge in [-0.05, 0) is 17.7 Å². The van der Waals surface area contributed by atoms with E-state index in [1.165, 1.54) is 0 Å². The smallest absolute Gasteiger partial charge is 0.407 e. The Bertz CT molecular complexity index is 398. The molecule has 1 aromatic carbocycles. The topological polar surface area (TPSA) is 47.6 Å². The van der Waals surface area contributed by atoms with Crippen LogP contribution in [0.3, 0.4) is 0 Å². The Balaban J connectivity index is 0.00000128. The summed E-state index contributed by atoms with van der Waals surface area (Å²) < 4.78 is 9.89. The van der Waals surface area contributed by atoms with E-state index in [1.807, 2.05) is 6.07 Å². The third-order valence-corrected chi connectivity index (χ3v) is 2.56. The van der Waals surface area contributed by atoms with E-state index >= 15 is 0 Å². The van der Waals surface area contributed by atoms with Crippen LogP contribution < -0.4 is 10.1 Å². The van der Waals surface area contributed by atoms with Crippen molar-refractivity contribution in [2.75, 3.05) is 13.7 Å². The van der Waals surface area contributed by atoms with Gasteiger partial charge in [-0.2, -0.15) is 0 Å². The predicted octanol–water partition coefficient (Wildman–Crippen LogP) is 2.55. The lowest BCUT2D eigenvalue weighted by molar-refractivity contribution is 0.177. The van der Waals surface area contributed by atoms with Crippen molar-refractivity contribution in [3.8, 4) is 5.75 Å². The molecule has 4 nitrogen and oxygen atoms in total. The van der Waals surface area contributed by atoms with Crippen LogP contribution >= 0.6 is 24.0 Å². The fraction of sp³-hybridized carbons (Fsp3) is 0.300. The largest absolute Gasteiger partial charge is 0.495 e. The molecule has 1 N–H and O–H groups in total. The van der Waals surface area contributed by atoms with E-state index in [2.05, 4.69) is 5.32 Å². The Kier molecular flexibility index (Phi) is 4.26. The molecule has 0 aliphatic carbocycles. The monoisotopic (exact) mass is 263 g/mol. The number of benzene rings is 1. The summed E-state index contributed by atoms with van der Waals surface area (Å²) in [6, 6.07) is 5.25. The minimum absolute atomic E-state index is 0. The van der Waals surface area contributed by atoms with Gasteiger partial charge >= 0.3 is 6.09 Å². The molecule has 0 aromatic heterocycles. The molecule has 1 atom stereocenters. The van der Waals surface area contributed by atoms with Crippen molar-refractivity contribution < 1.29 is 14.3 Å². The van der Waals surface area contributed by atoms with E-state index in [1.54, 1.807) is 19.2 Å². The van der Waals surface area contributed by atoms with Gasteiger partial charge in [-0.25, -0.2) is 4.79 Å². The summed E-state index contributed by atoms with van der Waals surface area (Å²) in [5, 5.41) is 3.23. The van der Waals surface area contributed by atoms with Gasteiger partial charge in [0.15, 0.2) is 0 Å². The molecular formula is C10H11Cl2NO3. The molecule has 1 heterocycles. The first-order valence-electron chi connectivity index (χ1n) is 4.47. The van der Waals surface area contributed by atoms with E-state index in [0.717, 1.165) is 5.56 Å². The van der Waals surface area contributed by atoms with Gasteiger partial charge in [0.2, 0.25) is 0 Å². The summed E-state index contributed by atoms with van der Waals surface area (Å²) in [5.41, 5.74) is 0.919. The highest BCUT2D eigenvalue weighted by Crippen LogP contribution is 2.28. The first-order valence-corrected chi connectivity index (χ1v) is 4.85. The van der Waals surface area contributed by atoms with Crippen LogP contribution in [0.4, 0.5) is 4.79 Å². The van der Waals surface area contributed by atoms with Gasteiger partial charge < -0.3 is 14.8 Å². The van der Waals surface area contributed by atoms with Crippen molar-refractivity contribution in [2.24, 2.45) is 0 Å². The fourth-order valence-electron chi connectivity index (χ4n) is 1.46. The van der Waals surface area contributed by atoms with Crippen molar-refractivity contribution in [2.45, 2.75) is 6.04 Å². The normalized spacial score (nSPS) is 18.4. The molecule has 2 rings (SSSR count). The van der Waals surface area contributed by atoms with E-state index in [9.17, 15) is 4.79 Å². The van der Waals surface area contributed by atoms with Gasteiger partial charge in [0.05, 0.1) is 18.2 Å². The van der Waals surface area contributed by atoms with Gasteiger partial charge in [0.25, 0.3) is 0 Å². The lowest BCUT2D eigenvalue weighted by Gasteiger charge is -2.10. The van der Waals surface area contributed by atoms with E-state index in [-0.39, 0.29) is 18.4 Å². The molecule has 0 radical (unpaired) electrons. The third kappa shape index (κ3) is 2.51. The zero-order valence-corrected chi connectivity index (χ0v) is 10.1. The van der Waals surface area contributed by atoms with Crippen LogP contribution in [0, 0.1) is 0 Å². The number of nitrogens with one attached hydrogen (secondary N) is 1. The van der Waals surface area contributed by atoms with Crippen LogP contribution in [-0.4, -0.2) is 19.8 Å². The fourth-order valence-corrected chi connectivity index (χ4v) is 1.65. The van der Waals surface area contributed by atoms with Crippen LogP contribution in [-0.2, 0) is 4.74 Å². The number of carbonyl (C=O) groups excluding carboxylic acids is 1. The van der Waals surface area contributed by atoms with E-state index in [4.69, 9.17) is 21.1 Å². The van der Waals surface area contributed by atoms with Gasteiger partial charge in [0, 0.05) is 0 Å². The summed E-state index contributed by atoms with van der Waals surface area (Å²) in [7, 11) is 1.55. The van der Waals surface area contributed by atoms with Crippen molar-refractivity contribution in [1.82, 2.24) is 5.32 Å². The summed E-state index contributed by atoms with van der Waals surface area (Å²) in [6.07, 6.45) is -0.395. The molecule has 6 heteroatoms. The molecule has 1 amide bonds. The number of cyclic esters (lactones) is 1. The average Bonchev–Trinajstić information content (AvgIpc) is 2.66. The van der Waals surface area contributed by atoms with Crippen LogP contribution in [0.25, 0.3) is 0 Å². The molecule has 1 aliphatic heterocycles. The summed E-state index contributed by atoms with van der Waals surface area (Å²) >= 11 is 5.89. The lowest BCUT2D eigenvalue weighted by atomic mass is 10.1. The minimum Gasteiger partial charge on any atom is -0.495 e. The molecular weight excluding hydrogens is 253 g/mol. The van der Waals surface area contributed by atoms with Crippen LogP contribution in [0.2, 0.25) is 5.02 Å². The second kappa shape index (κ2) is 5.27. The number of halogens is 2. The van der Waals surface area contributed by atoms with Gasteiger partial charge in [-0.1, -0.05) is 17.7 Å². The minimum atomic E-state index is -0.395. The van der Waals surface area contributed by atoms with E-state index < -0.39 is 6.09 Å². The Hall–Kier alpha value is -1.13. The predicted molar refractivity (Wildman–Crippen MR) is 62.5 cm³/mol. The highest BCUT2D eigenvalue weighted by Gasteiger charge is 2.24. The van der Waals surface area contributed by atoms with E-state index in [0.29, 0.717) is 17.4 Å². The van der Waals surface area contributed by atoms with Gasteiger partial charge in [0.1, 0.15) is 12.4 Å². The number of alkyl carbamates (subject to hydrolysis) is 1. The second-order valence-electron chi connectivity index (χ2n) is 3.19.